The SMILES string of the molecule is CCCN1CCCC1C(=O)NCC1(COC)CCNCC1. The zero-order chi connectivity index (χ0) is 15.1. The Labute approximate surface area is 128 Å². The first-order valence-corrected chi connectivity index (χ1v) is 8.42. The minimum atomic E-state index is 0.0891. The Hall–Kier alpha value is -0.650. The van der Waals surface area contributed by atoms with E-state index in [9.17, 15) is 4.79 Å². The molecular weight excluding hydrogens is 266 g/mol. The van der Waals surface area contributed by atoms with Gasteiger partial charge in [-0.1, -0.05) is 6.92 Å². The number of hydrogen-bond donors (Lipinski definition) is 2. The fourth-order valence-corrected chi connectivity index (χ4v) is 3.71. The van der Waals surface area contributed by atoms with Gasteiger partial charge in [-0.05, 0) is 58.3 Å². The highest BCUT2D eigenvalue weighted by Crippen LogP contribution is 2.28. The summed E-state index contributed by atoms with van der Waals surface area (Å²) in [6.45, 7) is 7.80. The minimum Gasteiger partial charge on any atom is -0.384 e. The van der Waals surface area contributed by atoms with E-state index in [1.54, 1.807) is 7.11 Å². The zero-order valence-corrected chi connectivity index (χ0v) is 13.6. The Bertz CT molecular complexity index is 324. The normalized spacial score (nSPS) is 25.9. The van der Waals surface area contributed by atoms with Crippen LogP contribution < -0.4 is 10.6 Å². The van der Waals surface area contributed by atoms with Gasteiger partial charge in [0.25, 0.3) is 0 Å². The molecule has 1 atom stereocenters. The maximum atomic E-state index is 12.5. The third kappa shape index (κ3) is 4.41. The number of carbonyl (C=O) groups is 1. The Morgan fingerprint density at radius 2 is 2.19 bits per heavy atom. The van der Waals surface area contributed by atoms with E-state index in [1.165, 1.54) is 0 Å². The van der Waals surface area contributed by atoms with Gasteiger partial charge in [-0.15, -0.1) is 0 Å². The Morgan fingerprint density at radius 1 is 1.43 bits per heavy atom. The van der Waals surface area contributed by atoms with E-state index in [1.807, 2.05) is 0 Å². The number of hydrogen-bond acceptors (Lipinski definition) is 4. The predicted octanol–water partition coefficient (Wildman–Crippen LogP) is 0.993. The van der Waals surface area contributed by atoms with E-state index < -0.39 is 0 Å². The van der Waals surface area contributed by atoms with Gasteiger partial charge in [0.2, 0.25) is 5.91 Å². The summed E-state index contributed by atoms with van der Waals surface area (Å²) in [5, 5.41) is 6.61. The number of methoxy groups -OCH3 is 1. The van der Waals surface area contributed by atoms with Crippen molar-refractivity contribution in [3.05, 3.63) is 0 Å². The van der Waals surface area contributed by atoms with Crippen molar-refractivity contribution in [1.82, 2.24) is 15.5 Å². The van der Waals surface area contributed by atoms with Crippen LogP contribution >= 0.6 is 0 Å². The summed E-state index contributed by atoms with van der Waals surface area (Å²) >= 11 is 0. The third-order valence-corrected chi connectivity index (χ3v) is 4.93. The average Bonchev–Trinajstić information content (AvgIpc) is 2.95. The van der Waals surface area contributed by atoms with Crippen molar-refractivity contribution in [3.63, 3.8) is 0 Å². The first-order chi connectivity index (χ1) is 10.2. The number of rotatable bonds is 7. The Kier molecular flexibility index (Phi) is 6.45. The molecule has 5 heteroatoms. The van der Waals surface area contributed by atoms with Crippen molar-refractivity contribution in [3.8, 4) is 0 Å². The van der Waals surface area contributed by atoms with Crippen LogP contribution in [0.4, 0.5) is 0 Å². The monoisotopic (exact) mass is 297 g/mol. The molecule has 1 amide bonds. The summed E-state index contributed by atoms with van der Waals surface area (Å²) in [6.07, 6.45) is 5.41. The van der Waals surface area contributed by atoms with E-state index in [0.29, 0.717) is 0 Å². The minimum absolute atomic E-state index is 0.0891. The summed E-state index contributed by atoms with van der Waals surface area (Å²) in [5.41, 5.74) is 0.115. The van der Waals surface area contributed by atoms with E-state index in [-0.39, 0.29) is 17.4 Å². The van der Waals surface area contributed by atoms with Gasteiger partial charge < -0.3 is 15.4 Å². The number of ether oxygens (including phenoxy) is 1. The predicted molar refractivity (Wildman–Crippen MR) is 84.3 cm³/mol. The Morgan fingerprint density at radius 3 is 2.86 bits per heavy atom. The molecule has 0 aromatic heterocycles. The van der Waals surface area contributed by atoms with E-state index in [0.717, 1.165) is 71.4 Å². The van der Waals surface area contributed by atoms with Gasteiger partial charge in [0, 0.05) is 19.1 Å². The van der Waals surface area contributed by atoms with Crippen LogP contribution in [-0.4, -0.2) is 63.3 Å². The van der Waals surface area contributed by atoms with E-state index >= 15 is 0 Å². The van der Waals surface area contributed by atoms with Crippen molar-refractivity contribution in [1.29, 1.82) is 0 Å². The quantitative estimate of drug-likeness (QED) is 0.736. The largest absolute Gasteiger partial charge is 0.384 e. The number of piperidine rings is 1. The van der Waals surface area contributed by atoms with Gasteiger partial charge in [-0.2, -0.15) is 0 Å². The standard InChI is InChI=1S/C16H31N3O2/c1-3-10-19-11-4-5-14(19)15(20)18-12-16(13-21-2)6-8-17-9-7-16/h14,17H,3-13H2,1-2H3,(H,18,20). The van der Waals surface area contributed by atoms with Gasteiger partial charge in [0.1, 0.15) is 0 Å². The van der Waals surface area contributed by atoms with Gasteiger partial charge in [0.15, 0.2) is 0 Å². The molecule has 0 aromatic rings. The summed E-state index contributed by atoms with van der Waals surface area (Å²) in [7, 11) is 1.76. The highest BCUT2D eigenvalue weighted by molar-refractivity contribution is 5.82. The van der Waals surface area contributed by atoms with Gasteiger partial charge in [-0.3, -0.25) is 9.69 Å². The lowest BCUT2D eigenvalue weighted by Gasteiger charge is -2.37. The Balaban J connectivity index is 1.86. The van der Waals surface area contributed by atoms with Crippen LogP contribution in [0.25, 0.3) is 0 Å². The zero-order valence-electron chi connectivity index (χ0n) is 13.6. The first kappa shape index (κ1) is 16.7. The van der Waals surface area contributed by atoms with Crippen molar-refractivity contribution in [2.75, 3.05) is 46.4 Å². The van der Waals surface area contributed by atoms with Crippen molar-refractivity contribution >= 4 is 5.91 Å². The molecule has 21 heavy (non-hydrogen) atoms. The second-order valence-corrected chi connectivity index (χ2v) is 6.59. The summed E-state index contributed by atoms with van der Waals surface area (Å²) in [4.78, 5) is 14.8. The third-order valence-electron chi connectivity index (χ3n) is 4.93. The van der Waals surface area contributed by atoms with Crippen LogP contribution in [0.1, 0.15) is 39.0 Å². The fourth-order valence-electron chi connectivity index (χ4n) is 3.71. The molecule has 0 bridgehead atoms. The lowest BCUT2D eigenvalue weighted by Crippen LogP contribution is -2.50. The number of likely N-dealkylation sites (tertiary alicyclic amines) is 1. The molecule has 2 saturated heterocycles. The number of nitrogens with one attached hydrogen (secondary N) is 2. The van der Waals surface area contributed by atoms with E-state index in [2.05, 4.69) is 22.5 Å². The van der Waals surface area contributed by atoms with Crippen LogP contribution in [0.2, 0.25) is 0 Å². The van der Waals surface area contributed by atoms with E-state index in [4.69, 9.17) is 4.74 Å². The fraction of sp³-hybridized carbons (Fsp3) is 0.938. The summed E-state index contributed by atoms with van der Waals surface area (Å²) in [6, 6.07) is 0.0891. The highest BCUT2D eigenvalue weighted by atomic mass is 16.5. The van der Waals surface area contributed by atoms with Crippen LogP contribution in [0.5, 0.6) is 0 Å². The lowest BCUT2D eigenvalue weighted by molar-refractivity contribution is -0.126. The maximum absolute atomic E-state index is 12.5. The molecule has 2 N–H and O–H groups in total. The molecule has 2 aliphatic rings. The van der Waals surface area contributed by atoms with Crippen LogP contribution in [0.15, 0.2) is 0 Å². The van der Waals surface area contributed by atoms with Crippen LogP contribution in [-0.2, 0) is 9.53 Å². The molecule has 2 aliphatic heterocycles. The van der Waals surface area contributed by atoms with Crippen molar-refractivity contribution < 1.29 is 9.53 Å². The second-order valence-electron chi connectivity index (χ2n) is 6.59. The topological polar surface area (TPSA) is 53.6 Å². The van der Waals surface area contributed by atoms with Gasteiger partial charge in [0.05, 0.1) is 12.6 Å². The number of nitrogens with zero attached hydrogens (tertiary/aromatic N) is 1. The smallest absolute Gasteiger partial charge is 0.237 e. The molecule has 2 heterocycles. The molecule has 0 aromatic carbocycles. The lowest BCUT2D eigenvalue weighted by atomic mass is 9.79. The van der Waals surface area contributed by atoms with Crippen LogP contribution in [0, 0.1) is 5.41 Å². The molecule has 122 valence electrons. The molecule has 0 spiro atoms. The molecule has 0 radical (unpaired) electrons. The first-order valence-electron chi connectivity index (χ1n) is 8.42. The van der Waals surface area contributed by atoms with Crippen molar-refractivity contribution in [2.24, 2.45) is 5.41 Å². The summed E-state index contributed by atoms with van der Waals surface area (Å²) < 4.78 is 5.41. The summed E-state index contributed by atoms with van der Waals surface area (Å²) in [5.74, 6) is 0.218. The molecule has 2 fully saturated rings. The number of amides is 1. The van der Waals surface area contributed by atoms with Crippen molar-refractivity contribution in [2.45, 2.75) is 45.1 Å². The number of carbonyl (C=O) groups excluding carboxylic acids is 1. The molecule has 0 saturated carbocycles. The molecule has 0 aliphatic carbocycles. The van der Waals surface area contributed by atoms with Crippen LogP contribution in [0.3, 0.4) is 0 Å². The highest BCUT2D eigenvalue weighted by Gasteiger charge is 2.35. The molecular formula is C16H31N3O2. The maximum Gasteiger partial charge on any atom is 0.237 e. The molecule has 5 nitrogen and oxygen atoms in total. The second kappa shape index (κ2) is 8.11. The molecule has 1 unspecified atom stereocenters. The van der Waals surface area contributed by atoms with Gasteiger partial charge >= 0.3 is 0 Å². The average molecular weight is 297 g/mol. The molecule has 2 rings (SSSR count). The van der Waals surface area contributed by atoms with Gasteiger partial charge in [-0.25, -0.2) is 0 Å².